The van der Waals surface area contributed by atoms with E-state index in [-0.39, 0.29) is 34.4 Å². The smallest absolute Gasteiger partial charge is 0.248 e. The van der Waals surface area contributed by atoms with Gasteiger partial charge in [-0.15, -0.1) is 11.3 Å². The molecule has 4 rings (SSSR count). The summed E-state index contributed by atoms with van der Waals surface area (Å²) in [4.78, 5) is 19.5. The molecule has 1 atom stereocenters. The molecule has 1 amide bonds. The molecule has 0 N–H and O–H groups in total. The number of halogens is 2. The standard InChI is InChI=1S/C22H34Cl2N4O4S2/c1-25-8-5-17(6-9-25)26-10-12-27(13-11-26)21(29)16-32-15-18-4-2-3-7-28(18)34(30,31)19-14-20(23)33-22(19)24/h14,17-18H,2-13,15-16H2,1H3. The average Bonchev–Trinajstić information content (AvgIpc) is 3.18. The lowest BCUT2D eigenvalue weighted by atomic mass is 10.0. The first-order valence-corrected chi connectivity index (χ1v) is 15.0. The molecule has 3 aliphatic rings. The van der Waals surface area contributed by atoms with E-state index in [0.717, 1.165) is 63.4 Å². The fraction of sp³-hybridized carbons (Fsp3) is 0.773. The van der Waals surface area contributed by atoms with E-state index in [0.29, 0.717) is 23.3 Å². The molecule has 1 unspecified atom stereocenters. The summed E-state index contributed by atoms with van der Waals surface area (Å²) < 4.78 is 34.2. The van der Waals surface area contributed by atoms with Crippen LogP contribution in [0.5, 0.6) is 0 Å². The molecule has 34 heavy (non-hydrogen) atoms. The molecule has 3 saturated heterocycles. The van der Waals surface area contributed by atoms with E-state index in [1.807, 2.05) is 4.90 Å². The van der Waals surface area contributed by atoms with Gasteiger partial charge in [0, 0.05) is 44.8 Å². The fourth-order valence-corrected chi connectivity index (χ4v) is 8.95. The number of rotatable bonds is 7. The van der Waals surface area contributed by atoms with Crippen molar-refractivity contribution in [3.05, 3.63) is 14.7 Å². The van der Waals surface area contributed by atoms with Crippen molar-refractivity contribution in [3.8, 4) is 0 Å². The van der Waals surface area contributed by atoms with Gasteiger partial charge in [0.25, 0.3) is 0 Å². The molecule has 0 radical (unpaired) electrons. The summed E-state index contributed by atoms with van der Waals surface area (Å²) in [7, 11) is -1.60. The Labute approximate surface area is 216 Å². The van der Waals surface area contributed by atoms with Crippen LogP contribution in [0.3, 0.4) is 0 Å². The van der Waals surface area contributed by atoms with E-state index in [1.165, 1.54) is 23.2 Å². The van der Waals surface area contributed by atoms with Gasteiger partial charge in [-0.25, -0.2) is 8.42 Å². The number of hydrogen-bond acceptors (Lipinski definition) is 7. The third-order valence-corrected chi connectivity index (χ3v) is 10.9. The van der Waals surface area contributed by atoms with Crippen molar-refractivity contribution in [2.75, 3.05) is 66.1 Å². The normalized spacial score (nSPS) is 24.6. The number of piperidine rings is 2. The summed E-state index contributed by atoms with van der Waals surface area (Å²) in [6.07, 6.45) is 4.78. The molecule has 3 fully saturated rings. The Morgan fingerprint density at radius 2 is 1.76 bits per heavy atom. The van der Waals surface area contributed by atoms with Gasteiger partial charge in [0.2, 0.25) is 15.9 Å². The van der Waals surface area contributed by atoms with Gasteiger partial charge in [-0.05, 0) is 51.9 Å². The second kappa shape index (κ2) is 11.7. The van der Waals surface area contributed by atoms with E-state index in [4.69, 9.17) is 27.9 Å². The summed E-state index contributed by atoms with van der Waals surface area (Å²) >= 11 is 13.2. The Hall–Kier alpha value is -0.460. The Kier molecular flexibility index (Phi) is 9.17. The van der Waals surface area contributed by atoms with Crippen molar-refractivity contribution < 1.29 is 17.9 Å². The van der Waals surface area contributed by atoms with Crippen LogP contribution in [0.2, 0.25) is 8.67 Å². The Morgan fingerprint density at radius 1 is 1.06 bits per heavy atom. The molecule has 1 aromatic rings. The van der Waals surface area contributed by atoms with Crippen molar-refractivity contribution in [2.45, 2.75) is 49.1 Å². The Bertz CT molecular complexity index is 945. The quantitative estimate of drug-likeness (QED) is 0.517. The number of likely N-dealkylation sites (tertiary alicyclic amines) is 1. The lowest BCUT2D eigenvalue weighted by Crippen LogP contribution is -2.54. The van der Waals surface area contributed by atoms with E-state index in [2.05, 4.69) is 16.8 Å². The number of thiophene rings is 1. The molecule has 4 heterocycles. The molecule has 192 valence electrons. The number of amides is 1. The largest absolute Gasteiger partial charge is 0.370 e. The predicted molar refractivity (Wildman–Crippen MR) is 135 cm³/mol. The maximum Gasteiger partial charge on any atom is 0.248 e. The van der Waals surface area contributed by atoms with Crippen LogP contribution in [-0.4, -0.2) is 111 Å². The molecular weight excluding hydrogens is 519 g/mol. The lowest BCUT2D eigenvalue weighted by Gasteiger charge is -2.42. The van der Waals surface area contributed by atoms with Gasteiger partial charge in [0.1, 0.15) is 15.8 Å². The maximum absolute atomic E-state index is 13.2. The lowest BCUT2D eigenvalue weighted by molar-refractivity contribution is -0.138. The van der Waals surface area contributed by atoms with Crippen molar-refractivity contribution in [1.82, 2.24) is 19.0 Å². The minimum atomic E-state index is -3.77. The van der Waals surface area contributed by atoms with Crippen molar-refractivity contribution in [3.63, 3.8) is 0 Å². The molecule has 0 aromatic carbocycles. The first kappa shape index (κ1) is 26.6. The van der Waals surface area contributed by atoms with Gasteiger partial charge >= 0.3 is 0 Å². The third-order valence-electron chi connectivity index (χ3n) is 7.19. The third kappa shape index (κ3) is 6.26. The summed E-state index contributed by atoms with van der Waals surface area (Å²) in [5, 5.41) is 0. The van der Waals surface area contributed by atoms with Crippen molar-refractivity contribution in [1.29, 1.82) is 0 Å². The highest BCUT2D eigenvalue weighted by molar-refractivity contribution is 7.89. The second-order valence-corrected chi connectivity index (χ2v) is 13.6. The zero-order valence-corrected chi connectivity index (χ0v) is 22.8. The topological polar surface area (TPSA) is 73.4 Å². The average molecular weight is 554 g/mol. The van der Waals surface area contributed by atoms with Crippen LogP contribution in [0.15, 0.2) is 11.0 Å². The number of carbonyl (C=O) groups excluding carboxylic acids is 1. The highest BCUT2D eigenvalue weighted by atomic mass is 35.5. The Balaban J connectivity index is 1.25. The van der Waals surface area contributed by atoms with Gasteiger partial charge in [-0.2, -0.15) is 4.31 Å². The minimum absolute atomic E-state index is 0.0242. The van der Waals surface area contributed by atoms with Crippen LogP contribution in [0.4, 0.5) is 0 Å². The van der Waals surface area contributed by atoms with Gasteiger partial charge in [0.15, 0.2) is 0 Å². The van der Waals surface area contributed by atoms with E-state index >= 15 is 0 Å². The molecule has 3 aliphatic heterocycles. The number of hydrogen-bond donors (Lipinski definition) is 0. The number of carbonyl (C=O) groups is 1. The molecule has 1 aromatic heterocycles. The number of sulfonamides is 1. The minimum Gasteiger partial charge on any atom is -0.370 e. The zero-order valence-electron chi connectivity index (χ0n) is 19.6. The number of nitrogens with zero attached hydrogens (tertiary/aromatic N) is 4. The molecule has 0 aliphatic carbocycles. The van der Waals surface area contributed by atoms with Crippen LogP contribution in [0, 0.1) is 0 Å². The van der Waals surface area contributed by atoms with Crippen molar-refractivity contribution in [2.24, 2.45) is 0 Å². The molecule has 0 spiro atoms. The van der Waals surface area contributed by atoms with E-state index in [9.17, 15) is 13.2 Å². The summed E-state index contributed by atoms with van der Waals surface area (Å²) in [6, 6.07) is 1.71. The highest BCUT2D eigenvalue weighted by Crippen LogP contribution is 2.37. The van der Waals surface area contributed by atoms with Crippen LogP contribution < -0.4 is 0 Å². The van der Waals surface area contributed by atoms with Crippen LogP contribution in [0.25, 0.3) is 0 Å². The fourth-order valence-electron chi connectivity index (χ4n) is 5.15. The maximum atomic E-state index is 13.2. The first-order chi connectivity index (χ1) is 16.3. The SMILES string of the molecule is CN1CCC(N2CCN(C(=O)COCC3CCCCN3S(=O)(=O)c3cc(Cl)sc3Cl)CC2)CC1. The Morgan fingerprint density at radius 3 is 2.41 bits per heavy atom. The van der Waals surface area contributed by atoms with E-state index in [1.54, 1.807) is 0 Å². The summed E-state index contributed by atoms with van der Waals surface area (Å²) in [5.41, 5.74) is 0. The highest BCUT2D eigenvalue weighted by Gasteiger charge is 2.36. The van der Waals surface area contributed by atoms with Gasteiger partial charge in [-0.3, -0.25) is 9.69 Å². The van der Waals surface area contributed by atoms with Gasteiger partial charge in [-0.1, -0.05) is 29.6 Å². The summed E-state index contributed by atoms with van der Waals surface area (Å²) in [5.74, 6) is -0.0269. The zero-order chi connectivity index (χ0) is 24.3. The van der Waals surface area contributed by atoms with Gasteiger partial charge < -0.3 is 14.5 Å². The van der Waals surface area contributed by atoms with Crippen LogP contribution in [-0.2, 0) is 19.6 Å². The predicted octanol–water partition coefficient (Wildman–Crippen LogP) is 2.85. The molecule has 0 saturated carbocycles. The van der Waals surface area contributed by atoms with E-state index < -0.39 is 10.0 Å². The molecular formula is C22H34Cl2N4O4S2. The molecule has 0 bridgehead atoms. The number of ether oxygens (including phenoxy) is 1. The monoisotopic (exact) mass is 552 g/mol. The van der Waals surface area contributed by atoms with Gasteiger partial charge in [0.05, 0.1) is 10.9 Å². The van der Waals surface area contributed by atoms with Crippen molar-refractivity contribution >= 4 is 50.5 Å². The van der Waals surface area contributed by atoms with Crippen LogP contribution in [0.1, 0.15) is 32.1 Å². The number of piperazine rings is 1. The second-order valence-electron chi connectivity index (χ2n) is 9.42. The molecule has 8 nitrogen and oxygen atoms in total. The van der Waals surface area contributed by atoms with Crippen LogP contribution >= 0.6 is 34.5 Å². The molecule has 12 heteroatoms. The first-order valence-electron chi connectivity index (χ1n) is 12.0. The summed E-state index contributed by atoms with van der Waals surface area (Å²) in [6.45, 7) is 6.09.